The van der Waals surface area contributed by atoms with Gasteiger partial charge in [0.05, 0.1) is 17.6 Å². The van der Waals surface area contributed by atoms with Crippen LogP contribution in [0.1, 0.15) is 25.0 Å². The molecule has 4 aromatic rings. The van der Waals surface area contributed by atoms with Gasteiger partial charge in [0.1, 0.15) is 0 Å². The predicted octanol–water partition coefficient (Wildman–Crippen LogP) is 5.90. The van der Waals surface area contributed by atoms with E-state index in [-0.39, 0.29) is 5.41 Å². The maximum Gasteiger partial charge on any atom is 0.0988 e. The summed E-state index contributed by atoms with van der Waals surface area (Å²) in [5.41, 5.74) is 4.89. The standard InChI is InChI=1S/C26H23N2PS/c1-26(2)22-14-6-8-16-24(22)28(25-17-9-7-15-23(25)26)29(30,20-11-4-3-5-12-20)21-13-10-18-27-19-21/h3-19H,1-2H3. The van der Waals surface area contributed by atoms with Crippen LogP contribution in [-0.4, -0.2) is 4.98 Å². The first-order valence-corrected chi connectivity index (χ1v) is 12.9. The van der Waals surface area contributed by atoms with Crippen molar-refractivity contribution in [3.8, 4) is 0 Å². The highest BCUT2D eigenvalue weighted by molar-refractivity contribution is 8.22. The summed E-state index contributed by atoms with van der Waals surface area (Å²) >= 11 is 6.68. The Morgan fingerprint density at radius 3 is 1.80 bits per heavy atom. The first-order valence-electron chi connectivity index (χ1n) is 10.1. The second-order valence-corrected chi connectivity index (χ2v) is 12.3. The molecule has 0 radical (unpaired) electrons. The summed E-state index contributed by atoms with van der Waals surface area (Å²) in [6, 6.07) is 32.1. The molecule has 4 heteroatoms. The second kappa shape index (κ2) is 7.19. The van der Waals surface area contributed by atoms with Crippen molar-refractivity contribution in [1.29, 1.82) is 0 Å². The Morgan fingerprint density at radius 2 is 1.23 bits per heavy atom. The molecular formula is C26H23N2PS. The Kier molecular flexibility index (Phi) is 4.61. The van der Waals surface area contributed by atoms with Crippen LogP contribution in [-0.2, 0) is 17.2 Å². The Morgan fingerprint density at radius 1 is 0.700 bits per heavy atom. The van der Waals surface area contributed by atoms with E-state index in [1.807, 2.05) is 24.5 Å². The van der Waals surface area contributed by atoms with E-state index < -0.39 is 6.19 Å². The van der Waals surface area contributed by atoms with Crippen molar-refractivity contribution >= 4 is 40.0 Å². The van der Waals surface area contributed by atoms with Gasteiger partial charge in [-0.2, -0.15) is 0 Å². The van der Waals surface area contributed by atoms with Crippen LogP contribution in [0.25, 0.3) is 0 Å². The van der Waals surface area contributed by atoms with Gasteiger partial charge in [-0.25, -0.2) is 0 Å². The van der Waals surface area contributed by atoms with E-state index in [2.05, 4.69) is 102 Å². The van der Waals surface area contributed by atoms with Gasteiger partial charge in [0, 0.05) is 28.4 Å². The summed E-state index contributed by atoms with van der Waals surface area (Å²) in [4.78, 5) is 4.45. The van der Waals surface area contributed by atoms with E-state index in [4.69, 9.17) is 11.8 Å². The van der Waals surface area contributed by atoms with Crippen LogP contribution >= 0.6 is 6.19 Å². The van der Waals surface area contributed by atoms with Crippen molar-refractivity contribution in [2.45, 2.75) is 19.3 Å². The molecule has 0 fully saturated rings. The fourth-order valence-electron chi connectivity index (χ4n) is 4.50. The predicted molar refractivity (Wildman–Crippen MR) is 131 cm³/mol. The topological polar surface area (TPSA) is 16.1 Å². The third-order valence-electron chi connectivity index (χ3n) is 5.99. The minimum Gasteiger partial charge on any atom is -0.305 e. The third-order valence-corrected chi connectivity index (χ3v) is 10.7. The van der Waals surface area contributed by atoms with Gasteiger partial charge in [-0.05, 0) is 35.4 Å². The first kappa shape index (κ1) is 19.2. The Bertz CT molecular complexity index is 1160. The summed E-state index contributed by atoms with van der Waals surface area (Å²) in [7, 11) is 0. The summed E-state index contributed by atoms with van der Waals surface area (Å²) in [6.45, 7) is 4.61. The van der Waals surface area contributed by atoms with Crippen molar-refractivity contribution in [2.75, 3.05) is 4.67 Å². The molecule has 0 amide bonds. The number of pyridine rings is 1. The maximum atomic E-state index is 6.68. The van der Waals surface area contributed by atoms with E-state index in [0.717, 1.165) is 10.6 Å². The minimum absolute atomic E-state index is 0.102. The van der Waals surface area contributed by atoms with Crippen molar-refractivity contribution in [1.82, 2.24) is 4.98 Å². The number of hydrogen-bond donors (Lipinski definition) is 0. The number of rotatable bonds is 3. The van der Waals surface area contributed by atoms with Crippen LogP contribution in [0.3, 0.4) is 0 Å². The Labute approximate surface area is 183 Å². The molecule has 0 N–H and O–H groups in total. The van der Waals surface area contributed by atoms with Gasteiger partial charge in [-0.3, -0.25) is 4.98 Å². The molecule has 148 valence electrons. The maximum absolute atomic E-state index is 6.68. The van der Waals surface area contributed by atoms with Crippen LogP contribution in [0.4, 0.5) is 11.4 Å². The smallest absolute Gasteiger partial charge is 0.0988 e. The summed E-state index contributed by atoms with van der Waals surface area (Å²) < 4.78 is 2.44. The molecule has 2 nitrogen and oxygen atoms in total. The molecule has 1 aromatic heterocycles. The molecule has 1 aliphatic rings. The van der Waals surface area contributed by atoms with E-state index in [0.29, 0.717) is 0 Å². The molecule has 0 saturated carbocycles. The lowest BCUT2D eigenvalue weighted by atomic mass is 9.74. The largest absolute Gasteiger partial charge is 0.305 e. The molecule has 2 heterocycles. The third kappa shape index (κ3) is 2.77. The lowest BCUT2D eigenvalue weighted by Crippen LogP contribution is -2.36. The molecule has 3 aromatic carbocycles. The summed E-state index contributed by atoms with van der Waals surface area (Å²) in [5.74, 6) is 0. The highest BCUT2D eigenvalue weighted by Crippen LogP contribution is 2.61. The van der Waals surface area contributed by atoms with Gasteiger partial charge < -0.3 is 4.67 Å². The molecule has 1 unspecified atom stereocenters. The minimum atomic E-state index is -2.42. The Hall–Kier alpha value is -2.74. The molecule has 0 saturated heterocycles. The number of hydrogen-bond acceptors (Lipinski definition) is 2. The van der Waals surface area contributed by atoms with Crippen molar-refractivity contribution in [3.05, 3.63) is 115 Å². The van der Waals surface area contributed by atoms with Crippen LogP contribution < -0.4 is 15.3 Å². The molecule has 1 atom stereocenters. The lowest BCUT2D eigenvalue weighted by Gasteiger charge is -2.47. The van der Waals surface area contributed by atoms with Crippen LogP contribution in [0.2, 0.25) is 0 Å². The first-order chi connectivity index (χ1) is 14.5. The fourth-order valence-corrected chi connectivity index (χ4v) is 8.52. The fraction of sp³-hybridized carbons (Fsp3) is 0.115. The van der Waals surface area contributed by atoms with Crippen LogP contribution in [0.15, 0.2) is 103 Å². The van der Waals surface area contributed by atoms with Gasteiger partial charge >= 0.3 is 0 Å². The molecule has 0 spiro atoms. The number of nitrogens with zero attached hydrogens (tertiary/aromatic N) is 2. The monoisotopic (exact) mass is 426 g/mol. The van der Waals surface area contributed by atoms with Gasteiger partial charge in [0.25, 0.3) is 0 Å². The number of para-hydroxylation sites is 2. The zero-order valence-electron chi connectivity index (χ0n) is 17.1. The van der Waals surface area contributed by atoms with E-state index in [9.17, 15) is 0 Å². The molecule has 5 rings (SSSR count). The lowest BCUT2D eigenvalue weighted by molar-refractivity contribution is 0.634. The average molecular weight is 427 g/mol. The summed E-state index contributed by atoms with van der Waals surface area (Å²) in [6.07, 6.45) is 1.34. The quantitative estimate of drug-likeness (QED) is 0.379. The van der Waals surface area contributed by atoms with E-state index in [1.165, 1.54) is 22.5 Å². The number of aromatic nitrogens is 1. The Balaban J connectivity index is 1.89. The highest BCUT2D eigenvalue weighted by atomic mass is 32.4. The molecular weight excluding hydrogens is 403 g/mol. The highest BCUT2D eigenvalue weighted by Gasteiger charge is 2.42. The number of fused-ring (bicyclic) bond motifs is 2. The van der Waals surface area contributed by atoms with Gasteiger partial charge in [-0.15, -0.1) is 0 Å². The summed E-state index contributed by atoms with van der Waals surface area (Å²) in [5, 5.41) is 2.26. The number of anilines is 2. The SMILES string of the molecule is CC1(C)c2ccccc2N(P(=S)(c2ccccc2)c2cccnc2)c2ccccc21. The molecule has 0 aliphatic carbocycles. The van der Waals surface area contributed by atoms with Gasteiger partial charge in [-0.1, -0.05) is 92.4 Å². The van der Waals surface area contributed by atoms with E-state index in [1.54, 1.807) is 0 Å². The van der Waals surface area contributed by atoms with Gasteiger partial charge in [0.2, 0.25) is 0 Å². The van der Waals surface area contributed by atoms with Crippen molar-refractivity contribution in [3.63, 3.8) is 0 Å². The zero-order valence-corrected chi connectivity index (χ0v) is 18.8. The van der Waals surface area contributed by atoms with Crippen molar-refractivity contribution in [2.24, 2.45) is 0 Å². The molecule has 0 bridgehead atoms. The molecule has 1 aliphatic heterocycles. The normalized spacial score (nSPS) is 16.3. The second-order valence-electron chi connectivity index (χ2n) is 8.09. The zero-order chi connectivity index (χ0) is 20.8. The van der Waals surface area contributed by atoms with Crippen LogP contribution in [0, 0.1) is 0 Å². The van der Waals surface area contributed by atoms with E-state index >= 15 is 0 Å². The number of benzene rings is 3. The van der Waals surface area contributed by atoms with Crippen LogP contribution in [0.5, 0.6) is 0 Å². The molecule has 30 heavy (non-hydrogen) atoms. The van der Waals surface area contributed by atoms with Crippen molar-refractivity contribution < 1.29 is 0 Å². The van der Waals surface area contributed by atoms with Gasteiger partial charge in [0.15, 0.2) is 0 Å². The average Bonchev–Trinajstić information content (AvgIpc) is 2.80.